The van der Waals surface area contributed by atoms with Gasteiger partial charge in [0.2, 0.25) is 0 Å². The number of hydrogen-bond donors (Lipinski definition) is 0. The lowest BCUT2D eigenvalue weighted by Gasteiger charge is -2.27. The lowest BCUT2D eigenvalue weighted by molar-refractivity contribution is -0.139. The second-order valence-corrected chi connectivity index (χ2v) is 7.42. The van der Waals surface area contributed by atoms with Gasteiger partial charge in [-0.05, 0) is 16.7 Å². The van der Waals surface area contributed by atoms with Crippen LogP contribution in [0, 0.1) is 5.92 Å². The zero-order chi connectivity index (χ0) is 19.2. The van der Waals surface area contributed by atoms with E-state index in [1.807, 2.05) is 42.5 Å². The van der Waals surface area contributed by atoms with Crippen LogP contribution in [0.3, 0.4) is 0 Å². The quantitative estimate of drug-likeness (QED) is 0.567. The van der Waals surface area contributed by atoms with E-state index in [9.17, 15) is 4.79 Å². The highest BCUT2D eigenvalue weighted by molar-refractivity contribution is 5.80. The topological polar surface area (TPSA) is 29.5 Å². The number of carbonyl (C=O) groups is 1. The molecule has 3 aromatic rings. The average molecular weight is 371 g/mol. The fourth-order valence-electron chi connectivity index (χ4n) is 3.99. The molecule has 2 atom stereocenters. The number of esters is 1. The van der Waals surface area contributed by atoms with Crippen LogP contribution in [0.5, 0.6) is 0 Å². The number of ether oxygens (including phenoxy) is 1. The van der Waals surface area contributed by atoms with Gasteiger partial charge in [-0.25, -0.2) is 0 Å². The van der Waals surface area contributed by atoms with Gasteiger partial charge in [-0.2, -0.15) is 0 Å². The van der Waals surface area contributed by atoms with E-state index in [1.54, 1.807) is 0 Å². The van der Waals surface area contributed by atoms with Gasteiger partial charge in [0.15, 0.2) is 0 Å². The highest BCUT2D eigenvalue weighted by Gasteiger charge is 2.38. The van der Waals surface area contributed by atoms with Gasteiger partial charge >= 0.3 is 5.97 Å². The number of nitrogens with zero attached hydrogens (tertiary/aromatic N) is 1. The van der Waals surface area contributed by atoms with Gasteiger partial charge in [-0.15, -0.1) is 0 Å². The molecule has 1 fully saturated rings. The van der Waals surface area contributed by atoms with Crippen molar-refractivity contribution in [2.45, 2.75) is 19.0 Å². The molecule has 0 amide bonds. The Labute approximate surface area is 166 Å². The fraction of sp³-hybridized carbons (Fsp3) is 0.240. The highest BCUT2D eigenvalue weighted by Crippen LogP contribution is 2.33. The SMILES string of the molecule is O=C1OCC(CN(Cc2ccccc2)Cc2ccccc2)C1c1ccccc1. The lowest BCUT2D eigenvalue weighted by Crippen LogP contribution is -2.32. The van der Waals surface area contributed by atoms with Crippen molar-refractivity contribution < 1.29 is 9.53 Å². The first-order chi connectivity index (χ1) is 13.8. The zero-order valence-electron chi connectivity index (χ0n) is 15.9. The summed E-state index contributed by atoms with van der Waals surface area (Å²) < 4.78 is 5.47. The molecule has 4 rings (SSSR count). The summed E-state index contributed by atoms with van der Waals surface area (Å²) in [5, 5.41) is 0. The molecule has 0 spiro atoms. The normalized spacial score (nSPS) is 19.0. The molecule has 142 valence electrons. The molecule has 0 bridgehead atoms. The third kappa shape index (κ3) is 4.49. The van der Waals surface area contributed by atoms with Crippen LogP contribution >= 0.6 is 0 Å². The smallest absolute Gasteiger partial charge is 0.313 e. The van der Waals surface area contributed by atoms with E-state index in [1.165, 1.54) is 11.1 Å². The molecule has 3 heteroatoms. The molecule has 0 aliphatic carbocycles. The van der Waals surface area contributed by atoms with E-state index >= 15 is 0 Å². The van der Waals surface area contributed by atoms with E-state index in [4.69, 9.17) is 4.74 Å². The van der Waals surface area contributed by atoms with Crippen molar-refractivity contribution in [3.63, 3.8) is 0 Å². The van der Waals surface area contributed by atoms with Crippen molar-refractivity contribution in [3.05, 3.63) is 108 Å². The molecule has 0 N–H and O–H groups in total. The molecular formula is C25H25NO2. The van der Waals surface area contributed by atoms with Gasteiger partial charge in [0.05, 0.1) is 12.5 Å². The maximum Gasteiger partial charge on any atom is 0.313 e. The number of hydrogen-bond acceptors (Lipinski definition) is 3. The van der Waals surface area contributed by atoms with Crippen molar-refractivity contribution in [3.8, 4) is 0 Å². The standard InChI is InChI=1S/C25H25NO2/c27-25-24(22-14-8-3-9-15-22)23(19-28-25)18-26(16-20-10-4-1-5-11-20)17-21-12-6-2-7-13-21/h1-15,23-24H,16-19H2. The Hall–Kier alpha value is -2.91. The van der Waals surface area contributed by atoms with Crippen LogP contribution in [0.1, 0.15) is 22.6 Å². The Balaban J connectivity index is 1.54. The molecule has 0 saturated carbocycles. The second-order valence-electron chi connectivity index (χ2n) is 7.42. The van der Waals surface area contributed by atoms with Crippen LogP contribution < -0.4 is 0 Å². The second kappa shape index (κ2) is 8.85. The Kier molecular flexibility index (Phi) is 5.83. The highest BCUT2D eigenvalue weighted by atomic mass is 16.5. The van der Waals surface area contributed by atoms with Crippen LogP contribution in [-0.4, -0.2) is 24.0 Å². The zero-order valence-corrected chi connectivity index (χ0v) is 15.9. The summed E-state index contributed by atoms with van der Waals surface area (Å²) in [5.41, 5.74) is 3.61. The van der Waals surface area contributed by atoms with Crippen LogP contribution in [-0.2, 0) is 22.6 Å². The van der Waals surface area contributed by atoms with Gasteiger partial charge < -0.3 is 4.74 Å². The number of rotatable bonds is 7. The van der Waals surface area contributed by atoms with Crippen molar-refractivity contribution in [2.24, 2.45) is 5.92 Å². The summed E-state index contributed by atoms with van der Waals surface area (Å²) in [6.45, 7) is 3.00. The monoisotopic (exact) mass is 371 g/mol. The molecule has 2 unspecified atom stereocenters. The maximum absolute atomic E-state index is 12.4. The lowest BCUT2D eigenvalue weighted by atomic mass is 9.88. The molecular weight excluding hydrogens is 346 g/mol. The largest absolute Gasteiger partial charge is 0.465 e. The summed E-state index contributed by atoms with van der Waals surface area (Å²) in [4.78, 5) is 14.9. The van der Waals surface area contributed by atoms with E-state index < -0.39 is 0 Å². The summed E-state index contributed by atoms with van der Waals surface area (Å²) in [7, 11) is 0. The number of cyclic esters (lactones) is 1. The minimum atomic E-state index is -0.185. The van der Waals surface area contributed by atoms with Crippen molar-refractivity contribution in [2.75, 3.05) is 13.2 Å². The van der Waals surface area contributed by atoms with Crippen LogP contribution in [0.25, 0.3) is 0 Å². The number of carbonyl (C=O) groups excluding carboxylic acids is 1. The van der Waals surface area contributed by atoms with Crippen molar-refractivity contribution >= 4 is 5.97 Å². The summed E-state index contributed by atoms with van der Waals surface area (Å²) >= 11 is 0. The Morgan fingerprint density at radius 3 is 1.79 bits per heavy atom. The molecule has 1 aliphatic heterocycles. The summed E-state index contributed by atoms with van der Waals surface area (Å²) in [6.07, 6.45) is 0. The van der Waals surface area contributed by atoms with Gasteiger partial charge in [0.1, 0.15) is 0 Å². The van der Waals surface area contributed by atoms with E-state index in [0.717, 1.165) is 25.2 Å². The molecule has 1 aliphatic rings. The fourth-order valence-corrected chi connectivity index (χ4v) is 3.99. The Morgan fingerprint density at radius 2 is 1.25 bits per heavy atom. The summed E-state index contributed by atoms with van der Waals surface area (Å²) in [5.74, 6) is -0.131. The molecule has 28 heavy (non-hydrogen) atoms. The summed E-state index contributed by atoms with van der Waals surface area (Å²) in [6, 6.07) is 31.0. The molecule has 3 nitrogen and oxygen atoms in total. The molecule has 3 aromatic carbocycles. The minimum Gasteiger partial charge on any atom is -0.465 e. The van der Waals surface area contributed by atoms with Gasteiger partial charge in [0.25, 0.3) is 0 Å². The van der Waals surface area contributed by atoms with Gasteiger partial charge in [-0.1, -0.05) is 91.0 Å². The van der Waals surface area contributed by atoms with E-state index in [0.29, 0.717) is 6.61 Å². The minimum absolute atomic E-state index is 0.101. The van der Waals surface area contributed by atoms with Gasteiger partial charge in [-0.3, -0.25) is 9.69 Å². The predicted octanol–water partition coefficient (Wildman–Crippen LogP) is 4.65. The molecule has 0 aromatic heterocycles. The molecule has 0 radical (unpaired) electrons. The van der Waals surface area contributed by atoms with Crippen molar-refractivity contribution in [1.82, 2.24) is 4.90 Å². The van der Waals surface area contributed by atoms with E-state index in [-0.39, 0.29) is 17.8 Å². The Bertz CT molecular complexity index is 839. The first-order valence-electron chi connectivity index (χ1n) is 9.81. The number of benzene rings is 3. The van der Waals surface area contributed by atoms with Gasteiger partial charge in [0, 0.05) is 25.6 Å². The average Bonchev–Trinajstić information content (AvgIpc) is 3.10. The van der Waals surface area contributed by atoms with Crippen molar-refractivity contribution in [1.29, 1.82) is 0 Å². The van der Waals surface area contributed by atoms with Crippen LogP contribution in [0.4, 0.5) is 0 Å². The molecule has 1 heterocycles. The first-order valence-corrected chi connectivity index (χ1v) is 9.81. The van der Waals surface area contributed by atoms with Crippen LogP contribution in [0.15, 0.2) is 91.0 Å². The maximum atomic E-state index is 12.4. The van der Waals surface area contributed by atoms with E-state index in [2.05, 4.69) is 53.4 Å². The Morgan fingerprint density at radius 1 is 0.750 bits per heavy atom. The van der Waals surface area contributed by atoms with Crippen LogP contribution in [0.2, 0.25) is 0 Å². The first kappa shape index (κ1) is 18.5. The third-order valence-electron chi connectivity index (χ3n) is 5.31. The third-order valence-corrected chi connectivity index (χ3v) is 5.31. The molecule has 1 saturated heterocycles. The predicted molar refractivity (Wildman–Crippen MR) is 111 cm³/mol.